The smallest absolute Gasteiger partial charge is 0.0634 e. The maximum absolute atomic E-state index is 9.48. The van der Waals surface area contributed by atoms with Crippen LogP contribution < -0.4 is 0 Å². The molecule has 0 bridgehead atoms. The zero-order chi connectivity index (χ0) is 8.04. The second-order valence-corrected chi connectivity index (χ2v) is 7.40. The van der Waals surface area contributed by atoms with Crippen LogP contribution in [0.4, 0.5) is 0 Å². The molecule has 62 valence electrons. The highest BCUT2D eigenvalue weighted by molar-refractivity contribution is 8.11. The number of unbranched alkanes of at least 4 members (excludes halogenated alkanes) is 2. The Kier molecular flexibility index (Phi) is 5.61. The summed E-state index contributed by atoms with van der Waals surface area (Å²) < 4.78 is 0. The molecule has 1 nitrogen and oxygen atoms in total. The summed E-state index contributed by atoms with van der Waals surface area (Å²) in [5, 5.41) is 0. The van der Waals surface area contributed by atoms with Gasteiger partial charge in [-0.3, -0.25) is 0 Å². The van der Waals surface area contributed by atoms with Gasteiger partial charge in [0.25, 0.3) is 0 Å². The molecule has 0 radical (unpaired) electrons. The van der Waals surface area contributed by atoms with Gasteiger partial charge in [0.15, 0.2) is 0 Å². The summed E-state index contributed by atoms with van der Waals surface area (Å²) in [6.45, 7) is 4.14. The van der Waals surface area contributed by atoms with Gasteiger partial charge in [-0.2, -0.15) is 0 Å². The largest absolute Gasteiger partial charge is 0.365 e. The van der Waals surface area contributed by atoms with Crippen LogP contribution in [0.15, 0.2) is 0 Å². The lowest BCUT2D eigenvalue weighted by Gasteiger charge is -2.11. The van der Waals surface area contributed by atoms with E-state index in [1.54, 1.807) is 0 Å². The average molecular weight is 180 g/mol. The number of hydrogen-bond acceptors (Lipinski definition) is 1. The summed E-state index contributed by atoms with van der Waals surface area (Å²) in [5.41, 5.74) is 0. The molecule has 1 unspecified atom stereocenters. The first-order chi connectivity index (χ1) is 4.62. The molecule has 0 saturated heterocycles. The van der Waals surface area contributed by atoms with Crippen LogP contribution in [-0.2, 0) is 11.8 Å². The molecule has 0 aliphatic rings. The summed E-state index contributed by atoms with van der Waals surface area (Å²) in [4.78, 5) is 9.48. The Bertz CT molecular complexity index is 125. The fourth-order valence-electron chi connectivity index (χ4n) is 0.767. The monoisotopic (exact) mass is 180 g/mol. The first kappa shape index (κ1) is 10.6. The van der Waals surface area contributed by atoms with E-state index in [-0.39, 0.29) is 0 Å². The summed E-state index contributed by atoms with van der Waals surface area (Å²) in [7, 11) is 0. The third-order valence-electron chi connectivity index (χ3n) is 1.61. The zero-order valence-corrected chi connectivity index (χ0v) is 8.55. The van der Waals surface area contributed by atoms with Gasteiger partial charge in [-0.25, -0.2) is 0 Å². The predicted octanol–water partition coefficient (Wildman–Crippen LogP) is 2.58. The highest BCUT2D eigenvalue weighted by Gasteiger charge is 2.07. The standard InChI is InChI=1S/C7H17OPS/c1-3-5-6-7-9(8,10)4-2/h3-7H2,1-2H3,(H,8,10). The van der Waals surface area contributed by atoms with Crippen LogP contribution in [0.25, 0.3) is 0 Å². The van der Waals surface area contributed by atoms with Crippen molar-refractivity contribution >= 4 is 18.1 Å². The number of hydrogen-bond donors (Lipinski definition) is 1. The minimum absolute atomic E-state index is 0.798. The lowest BCUT2D eigenvalue weighted by Crippen LogP contribution is -1.90. The quantitative estimate of drug-likeness (QED) is 0.518. The van der Waals surface area contributed by atoms with Gasteiger partial charge in [-0.1, -0.05) is 38.5 Å². The Balaban J connectivity index is 3.38. The topological polar surface area (TPSA) is 20.2 Å². The van der Waals surface area contributed by atoms with Gasteiger partial charge < -0.3 is 4.89 Å². The van der Waals surface area contributed by atoms with Crippen LogP contribution in [0.5, 0.6) is 0 Å². The molecule has 0 aromatic heterocycles. The van der Waals surface area contributed by atoms with Crippen molar-refractivity contribution in [2.24, 2.45) is 0 Å². The van der Waals surface area contributed by atoms with Crippen molar-refractivity contribution in [1.29, 1.82) is 0 Å². The molecule has 1 N–H and O–H groups in total. The molecule has 0 fully saturated rings. The minimum Gasteiger partial charge on any atom is -0.365 e. The van der Waals surface area contributed by atoms with Crippen molar-refractivity contribution in [1.82, 2.24) is 0 Å². The van der Waals surface area contributed by atoms with E-state index in [1.165, 1.54) is 12.8 Å². The molecule has 0 saturated carbocycles. The SMILES string of the molecule is CCCCCP(O)(=S)CC. The minimum atomic E-state index is -1.87. The van der Waals surface area contributed by atoms with Crippen LogP contribution in [0.1, 0.15) is 33.1 Å². The first-order valence-corrected chi connectivity index (χ1v) is 7.05. The molecule has 0 aliphatic carbocycles. The molecule has 0 amide bonds. The van der Waals surface area contributed by atoms with Crippen LogP contribution in [0.2, 0.25) is 0 Å². The van der Waals surface area contributed by atoms with Crippen molar-refractivity contribution in [2.45, 2.75) is 33.1 Å². The van der Waals surface area contributed by atoms with E-state index in [2.05, 4.69) is 6.92 Å². The van der Waals surface area contributed by atoms with Crippen molar-refractivity contribution in [2.75, 3.05) is 12.3 Å². The Labute approximate surface area is 68.9 Å². The molecule has 0 rings (SSSR count). The molecule has 1 atom stereocenters. The van der Waals surface area contributed by atoms with Gasteiger partial charge in [0.05, 0.1) is 6.26 Å². The lowest BCUT2D eigenvalue weighted by atomic mass is 10.3. The van der Waals surface area contributed by atoms with Gasteiger partial charge in [-0.15, -0.1) is 0 Å². The predicted molar refractivity (Wildman–Crippen MR) is 51.4 cm³/mol. The van der Waals surface area contributed by atoms with Crippen LogP contribution in [-0.4, -0.2) is 17.2 Å². The lowest BCUT2D eigenvalue weighted by molar-refractivity contribution is 0.614. The highest BCUT2D eigenvalue weighted by atomic mass is 32.4. The highest BCUT2D eigenvalue weighted by Crippen LogP contribution is 2.40. The molecule has 3 heteroatoms. The molecular formula is C7H17OPS. The fraction of sp³-hybridized carbons (Fsp3) is 1.00. The molecule has 0 aliphatic heterocycles. The van der Waals surface area contributed by atoms with Gasteiger partial charge in [-0.05, 0) is 18.7 Å². The fourth-order valence-corrected chi connectivity index (χ4v) is 2.19. The van der Waals surface area contributed by atoms with Gasteiger partial charge in [0.1, 0.15) is 0 Å². The van der Waals surface area contributed by atoms with E-state index in [1.807, 2.05) is 6.92 Å². The third-order valence-corrected chi connectivity index (χ3v) is 4.93. The van der Waals surface area contributed by atoms with Crippen LogP contribution in [0, 0.1) is 0 Å². The molecule has 0 heterocycles. The summed E-state index contributed by atoms with van der Waals surface area (Å²) >= 11 is 5.02. The Hall–Kier alpha value is 0.610. The van der Waals surface area contributed by atoms with Crippen molar-refractivity contribution in [3.8, 4) is 0 Å². The summed E-state index contributed by atoms with van der Waals surface area (Å²) in [6.07, 6.45) is 3.33. The van der Waals surface area contributed by atoms with Crippen LogP contribution >= 0.6 is 6.26 Å². The van der Waals surface area contributed by atoms with Crippen molar-refractivity contribution in [3.05, 3.63) is 0 Å². The van der Waals surface area contributed by atoms with E-state index in [0.29, 0.717) is 0 Å². The first-order valence-electron chi connectivity index (χ1n) is 3.93. The molecule has 0 spiro atoms. The summed E-state index contributed by atoms with van der Waals surface area (Å²) in [6, 6.07) is 0. The van der Waals surface area contributed by atoms with Crippen molar-refractivity contribution in [3.63, 3.8) is 0 Å². The normalized spacial score (nSPS) is 16.7. The Morgan fingerprint density at radius 2 is 1.90 bits per heavy atom. The Morgan fingerprint density at radius 1 is 1.30 bits per heavy atom. The van der Waals surface area contributed by atoms with Gasteiger partial charge in [0.2, 0.25) is 0 Å². The second-order valence-electron chi connectivity index (χ2n) is 2.59. The maximum atomic E-state index is 9.48. The van der Waals surface area contributed by atoms with E-state index in [9.17, 15) is 4.89 Å². The zero-order valence-electron chi connectivity index (χ0n) is 6.84. The molecular weight excluding hydrogens is 163 g/mol. The van der Waals surface area contributed by atoms with Gasteiger partial charge in [0, 0.05) is 0 Å². The number of rotatable bonds is 5. The van der Waals surface area contributed by atoms with E-state index in [4.69, 9.17) is 11.8 Å². The van der Waals surface area contributed by atoms with Crippen molar-refractivity contribution < 1.29 is 4.89 Å². The van der Waals surface area contributed by atoms with E-state index < -0.39 is 6.26 Å². The maximum Gasteiger partial charge on any atom is 0.0634 e. The third kappa shape index (κ3) is 5.40. The molecule has 0 aromatic carbocycles. The Morgan fingerprint density at radius 3 is 2.30 bits per heavy atom. The van der Waals surface area contributed by atoms with E-state index in [0.717, 1.165) is 18.7 Å². The van der Waals surface area contributed by atoms with Gasteiger partial charge >= 0.3 is 0 Å². The molecule has 0 aromatic rings. The molecule has 10 heavy (non-hydrogen) atoms. The average Bonchev–Trinajstić information content (AvgIpc) is 1.89. The van der Waals surface area contributed by atoms with Crippen LogP contribution in [0.3, 0.4) is 0 Å². The van der Waals surface area contributed by atoms with E-state index >= 15 is 0 Å². The summed E-state index contributed by atoms with van der Waals surface area (Å²) in [5.74, 6) is 0. The second kappa shape index (κ2) is 5.29.